The van der Waals surface area contributed by atoms with Gasteiger partial charge in [-0.2, -0.15) is 16.9 Å². The van der Waals surface area contributed by atoms with Gasteiger partial charge in [-0.05, 0) is 18.2 Å². The van der Waals surface area contributed by atoms with E-state index in [1.54, 1.807) is 18.0 Å². The molecule has 1 aromatic heterocycles. The SMILES string of the molecule is CC(CC(=O)O)SCCc1ccnn1C. The fourth-order valence-corrected chi connectivity index (χ4v) is 2.31. The van der Waals surface area contributed by atoms with Gasteiger partial charge in [0.25, 0.3) is 0 Å². The van der Waals surface area contributed by atoms with Gasteiger partial charge in [0.1, 0.15) is 0 Å². The van der Waals surface area contributed by atoms with E-state index in [2.05, 4.69) is 5.10 Å². The molecule has 0 aliphatic heterocycles. The maximum Gasteiger partial charge on any atom is 0.304 e. The van der Waals surface area contributed by atoms with Crippen molar-refractivity contribution in [2.24, 2.45) is 7.05 Å². The number of aliphatic carboxylic acids is 1. The molecule has 1 unspecified atom stereocenters. The zero-order chi connectivity index (χ0) is 11.3. The lowest BCUT2D eigenvalue weighted by molar-refractivity contribution is -0.136. The molecule has 4 nitrogen and oxygen atoms in total. The number of carboxylic acids is 1. The molecule has 0 saturated carbocycles. The summed E-state index contributed by atoms with van der Waals surface area (Å²) in [6.07, 6.45) is 2.95. The minimum absolute atomic E-state index is 0.177. The molecule has 0 aromatic carbocycles. The van der Waals surface area contributed by atoms with Crippen LogP contribution in [0.2, 0.25) is 0 Å². The van der Waals surface area contributed by atoms with Gasteiger partial charge in [0.2, 0.25) is 0 Å². The molecule has 15 heavy (non-hydrogen) atoms. The van der Waals surface area contributed by atoms with Crippen LogP contribution in [0.25, 0.3) is 0 Å². The third-order valence-corrected chi connectivity index (χ3v) is 3.32. The zero-order valence-electron chi connectivity index (χ0n) is 9.01. The Bertz CT molecular complexity index is 325. The van der Waals surface area contributed by atoms with Gasteiger partial charge in [0, 0.05) is 24.2 Å². The van der Waals surface area contributed by atoms with Gasteiger partial charge in [-0.25, -0.2) is 0 Å². The summed E-state index contributed by atoms with van der Waals surface area (Å²) >= 11 is 1.69. The van der Waals surface area contributed by atoms with Crippen molar-refractivity contribution in [3.05, 3.63) is 18.0 Å². The quantitative estimate of drug-likeness (QED) is 0.802. The molecule has 1 atom stereocenters. The Morgan fingerprint density at radius 2 is 2.47 bits per heavy atom. The highest BCUT2D eigenvalue weighted by atomic mass is 32.2. The molecule has 0 aliphatic rings. The molecule has 0 bridgehead atoms. The number of rotatable bonds is 6. The van der Waals surface area contributed by atoms with Gasteiger partial charge in [-0.1, -0.05) is 6.92 Å². The van der Waals surface area contributed by atoms with Crippen molar-refractivity contribution in [2.45, 2.75) is 25.0 Å². The molecule has 0 fully saturated rings. The fraction of sp³-hybridized carbons (Fsp3) is 0.600. The fourth-order valence-electron chi connectivity index (χ4n) is 1.32. The number of hydrogen-bond acceptors (Lipinski definition) is 3. The molecule has 0 saturated heterocycles. The Morgan fingerprint density at radius 3 is 3.00 bits per heavy atom. The Kier molecular flexibility index (Phi) is 4.68. The standard InChI is InChI=1S/C10H16N2O2S/c1-8(7-10(13)14)15-6-4-9-3-5-11-12(9)2/h3,5,8H,4,6-7H2,1-2H3,(H,13,14). The number of nitrogens with zero attached hydrogens (tertiary/aromatic N) is 2. The van der Waals surface area contributed by atoms with Crippen LogP contribution in [0.1, 0.15) is 19.0 Å². The van der Waals surface area contributed by atoms with E-state index in [0.717, 1.165) is 12.2 Å². The molecular formula is C10H16N2O2S. The predicted octanol–water partition coefficient (Wildman–Crippen LogP) is 1.56. The molecule has 1 N–H and O–H groups in total. The zero-order valence-corrected chi connectivity index (χ0v) is 9.83. The van der Waals surface area contributed by atoms with E-state index in [1.165, 1.54) is 5.69 Å². The molecule has 0 aliphatic carbocycles. The first kappa shape index (κ1) is 12.1. The maximum absolute atomic E-state index is 10.4. The summed E-state index contributed by atoms with van der Waals surface area (Å²) in [4.78, 5) is 10.4. The van der Waals surface area contributed by atoms with Crippen molar-refractivity contribution in [3.8, 4) is 0 Å². The third kappa shape index (κ3) is 4.38. The van der Waals surface area contributed by atoms with Gasteiger partial charge >= 0.3 is 5.97 Å². The second-order valence-corrected chi connectivity index (χ2v) is 5.02. The first-order valence-electron chi connectivity index (χ1n) is 4.90. The average molecular weight is 228 g/mol. The molecule has 0 radical (unpaired) electrons. The van der Waals surface area contributed by atoms with Crippen LogP contribution in [0.15, 0.2) is 12.3 Å². The van der Waals surface area contributed by atoms with Crippen molar-refractivity contribution < 1.29 is 9.90 Å². The summed E-state index contributed by atoms with van der Waals surface area (Å²) in [5, 5.41) is 12.8. The lowest BCUT2D eigenvalue weighted by Gasteiger charge is -2.08. The van der Waals surface area contributed by atoms with Gasteiger partial charge in [0.15, 0.2) is 0 Å². The van der Waals surface area contributed by atoms with E-state index < -0.39 is 5.97 Å². The van der Waals surface area contributed by atoms with Crippen molar-refractivity contribution in [1.82, 2.24) is 9.78 Å². The summed E-state index contributed by atoms with van der Waals surface area (Å²) < 4.78 is 1.85. The van der Waals surface area contributed by atoms with E-state index in [-0.39, 0.29) is 11.7 Å². The normalized spacial score (nSPS) is 12.7. The highest BCUT2D eigenvalue weighted by Crippen LogP contribution is 2.15. The summed E-state index contributed by atoms with van der Waals surface area (Å²) in [5.74, 6) is 0.212. The van der Waals surface area contributed by atoms with E-state index >= 15 is 0 Å². The largest absolute Gasteiger partial charge is 0.481 e. The number of hydrogen-bond donors (Lipinski definition) is 1. The smallest absolute Gasteiger partial charge is 0.304 e. The number of aromatic nitrogens is 2. The third-order valence-electron chi connectivity index (χ3n) is 2.15. The first-order valence-corrected chi connectivity index (χ1v) is 5.94. The monoisotopic (exact) mass is 228 g/mol. The van der Waals surface area contributed by atoms with Crippen molar-refractivity contribution in [3.63, 3.8) is 0 Å². The second kappa shape index (κ2) is 5.80. The van der Waals surface area contributed by atoms with E-state index in [4.69, 9.17) is 5.11 Å². The number of carbonyl (C=O) groups is 1. The van der Waals surface area contributed by atoms with E-state index in [9.17, 15) is 4.79 Å². The predicted molar refractivity (Wildman–Crippen MR) is 61.1 cm³/mol. The van der Waals surface area contributed by atoms with Crippen LogP contribution >= 0.6 is 11.8 Å². The number of aryl methyl sites for hydroxylation is 2. The summed E-state index contributed by atoms with van der Waals surface area (Å²) in [6.45, 7) is 1.95. The second-order valence-electron chi connectivity index (χ2n) is 3.48. The summed E-state index contributed by atoms with van der Waals surface area (Å²) in [7, 11) is 1.92. The molecule has 0 amide bonds. The van der Waals surface area contributed by atoms with Crippen LogP contribution in [0.3, 0.4) is 0 Å². The molecule has 84 valence electrons. The van der Waals surface area contributed by atoms with Crippen LogP contribution in [-0.2, 0) is 18.3 Å². The molecule has 5 heteroatoms. The van der Waals surface area contributed by atoms with Crippen LogP contribution in [0.5, 0.6) is 0 Å². The van der Waals surface area contributed by atoms with Crippen LogP contribution in [0.4, 0.5) is 0 Å². The van der Waals surface area contributed by atoms with Crippen LogP contribution in [-0.4, -0.2) is 31.9 Å². The average Bonchev–Trinajstić information content (AvgIpc) is 2.50. The van der Waals surface area contributed by atoms with Crippen LogP contribution < -0.4 is 0 Å². The van der Waals surface area contributed by atoms with Crippen LogP contribution in [0, 0.1) is 0 Å². The maximum atomic E-state index is 10.4. The molecular weight excluding hydrogens is 212 g/mol. The highest BCUT2D eigenvalue weighted by Gasteiger charge is 2.08. The Labute approximate surface area is 93.7 Å². The highest BCUT2D eigenvalue weighted by molar-refractivity contribution is 7.99. The Morgan fingerprint density at radius 1 is 1.73 bits per heavy atom. The minimum atomic E-state index is -0.726. The number of carboxylic acid groups (broad SMARTS) is 1. The van der Waals surface area contributed by atoms with Gasteiger partial charge in [-0.15, -0.1) is 0 Å². The van der Waals surface area contributed by atoms with Gasteiger partial charge < -0.3 is 5.11 Å². The molecule has 1 heterocycles. The van der Waals surface area contributed by atoms with Crippen molar-refractivity contribution in [1.29, 1.82) is 0 Å². The van der Waals surface area contributed by atoms with E-state index in [1.807, 2.05) is 24.7 Å². The van der Waals surface area contributed by atoms with Crippen molar-refractivity contribution in [2.75, 3.05) is 5.75 Å². The topological polar surface area (TPSA) is 55.1 Å². The van der Waals surface area contributed by atoms with E-state index in [0.29, 0.717) is 0 Å². The lowest BCUT2D eigenvalue weighted by Crippen LogP contribution is -2.07. The van der Waals surface area contributed by atoms with Gasteiger partial charge in [0.05, 0.1) is 6.42 Å². The molecule has 1 rings (SSSR count). The first-order chi connectivity index (χ1) is 7.09. The Hall–Kier alpha value is -0.970. The van der Waals surface area contributed by atoms with Gasteiger partial charge in [-0.3, -0.25) is 9.48 Å². The lowest BCUT2D eigenvalue weighted by atomic mass is 10.3. The number of thioether (sulfide) groups is 1. The minimum Gasteiger partial charge on any atom is -0.481 e. The summed E-state index contributed by atoms with van der Waals surface area (Å²) in [5.41, 5.74) is 1.19. The Balaban J connectivity index is 2.22. The van der Waals surface area contributed by atoms with Crippen molar-refractivity contribution >= 4 is 17.7 Å². The summed E-state index contributed by atoms with van der Waals surface area (Å²) in [6, 6.07) is 1.99. The molecule has 1 aromatic rings. The molecule has 0 spiro atoms.